The first-order valence-electron chi connectivity index (χ1n) is 5.96. The Morgan fingerprint density at radius 2 is 2.05 bits per heavy atom. The number of sulfonamides is 1. The predicted octanol–water partition coefficient (Wildman–Crippen LogP) is 2.76. The molecule has 0 unspecified atom stereocenters. The van der Waals surface area contributed by atoms with Gasteiger partial charge in [-0.05, 0) is 30.7 Å². The highest BCUT2D eigenvalue weighted by Gasteiger charge is 2.22. The molecule has 2 rings (SSSR count). The molecular weight excluding hydrogens is 333 g/mol. The van der Waals surface area contributed by atoms with Crippen LogP contribution in [0.15, 0.2) is 35.4 Å². The molecular formula is C13H13Cl2N3O2S. The summed E-state index contributed by atoms with van der Waals surface area (Å²) in [4.78, 5) is 3.94. The third kappa shape index (κ3) is 3.65. The zero-order chi connectivity index (χ0) is 15.6. The van der Waals surface area contributed by atoms with Gasteiger partial charge in [-0.2, -0.15) is 0 Å². The molecule has 8 heteroatoms. The number of nitrogen functional groups attached to an aromatic ring is 1. The van der Waals surface area contributed by atoms with Crippen molar-refractivity contribution in [1.82, 2.24) is 9.71 Å². The smallest absolute Gasteiger partial charge is 0.244 e. The van der Waals surface area contributed by atoms with Crippen molar-refractivity contribution in [2.45, 2.75) is 18.4 Å². The van der Waals surface area contributed by atoms with Gasteiger partial charge >= 0.3 is 0 Å². The lowest BCUT2D eigenvalue weighted by Gasteiger charge is -2.11. The summed E-state index contributed by atoms with van der Waals surface area (Å²) in [7, 11) is -3.86. The Kier molecular flexibility index (Phi) is 4.73. The Bertz CT molecular complexity index is 756. The van der Waals surface area contributed by atoms with Gasteiger partial charge in [0.1, 0.15) is 4.90 Å². The first-order chi connectivity index (χ1) is 9.81. The second-order valence-corrected chi connectivity index (χ2v) is 6.94. The Balaban J connectivity index is 2.30. The number of hydrogen-bond acceptors (Lipinski definition) is 4. The molecule has 1 aromatic heterocycles. The maximum Gasteiger partial charge on any atom is 0.244 e. The number of hydrogen-bond donors (Lipinski definition) is 2. The van der Waals surface area contributed by atoms with E-state index in [1.54, 1.807) is 12.3 Å². The van der Waals surface area contributed by atoms with Gasteiger partial charge in [0.25, 0.3) is 0 Å². The molecule has 21 heavy (non-hydrogen) atoms. The fourth-order valence-corrected chi connectivity index (χ4v) is 3.77. The van der Waals surface area contributed by atoms with Crippen molar-refractivity contribution in [2.24, 2.45) is 0 Å². The summed E-state index contributed by atoms with van der Waals surface area (Å²) in [5.41, 5.74) is 7.22. The molecule has 5 nitrogen and oxygen atoms in total. The van der Waals surface area contributed by atoms with Gasteiger partial charge in [0.05, 0.1) is 22.9 Å². The van der Waals surface area contributed by atoms with Crippen molar-refractivity contribution in [3.8, 4) is 0 Å². The van der Waals surface area contributed by atoms with E-state index in [1.165, 1.54) is 12.1 Å². The number of nitrogens with zero attached hydrogens (tertiary/aromatic N) is 1. The van der Waals surface area contributed by atoms with Crippen LogP contribution in [0.4, 0.5) is 5.69 Å². The predicted molar refractivity (Wildman–Crippen MR) is 83.9 cm³/mol. The average Bonchev–Trinajstić information content (AvgIpc) is 2.36. The molecule has 1 heterocycles. The van der Waals surface area contributed by atoms with Crippen molar-refractivity contribution in [1.29, 1.82) is 0 Å². The monoisotopic (exact) mass is 345 g/mol. The minimum atomic E-state index is -3.86. The highest BCUT2D eigenvalue weighted by molar-refractivity contribution is 7.89. The molecule has 0 bridgehead atoms. The fourth-order valence-electron chi connectivity index (χ4n) is 1.80. The lowest BCUT2D eigenvalue weighted by molar-refractivity contribution is 0.580. The van der Waals surface area contributed by atoms with Crippen LogP contribution >= 0.6 is 23.2 Å². The van der Waals surface area contributed by atoms with Gasteiger partial charge in [-0.3, -0.25) is 4.98 Å². The van der Waals surface area contributed by atoms with Crippen molar-refractivity contribution >= 4 is 38.9 Å². The van der Waals surface area contributed by atoms with Crippen LogP contribution in [0.2, 0.25) is 10.0 Å². The molecule has 0 aliphatic rings. The van der Waals surface area contributed by atoms with Crippen LogP contribution in [0.3, 0.4) is 0 Å². The van der Waals surface area contributed by atoms with E-state index in [0.717, 1.165) is 5.56 Å². The van der Waals surface area contributed by atoms with E-state index in [2.05, 4.69) is 9.71 Å². The standard InChI is InChI=1S/C13H13Cl2N3O2S/c1-8-3-2-4-17-12(8)7-18-21(19,20)13-10(15)5-9(14)6-11(13)16/h2-6,18H,7,16H2,1H3. The van der Waals surface area contributed by atoms with Gasteiger partial charge in [-0.25, -0.2) is 13.1 Å². The molecule has 112 valence electrons. The minimum absolute atomic E-state index is 0.00209. The Hall–Kier alpha value is -1.34. The molecule has 0 atom stereocenters. The summed E-state index contributed by atoms with van der Waals surface area (Å²) in [5, 5.41) is 0.252. The summed E-state index contributed by atoms with van der Waals surface area (Å²) in [6.45, 7) is 1.90. The summed E-state index contributed by atoms with van der Waals surface area (Å²) >= 11 is 11.7. The fraction of sp³-hybridized carbons (Fsp3) is 0.154. The van der Waals surface area contributed by atoms with Crippen molar-refractivity contribution in [2.75, 3.05) is 5.73 Å². The van der Waals surface area contributed by atoms with Crippen LogP contribution in [0.1, 0.15) is 11.3 Å². The summed E-state index contributed by atoms with van der Waals surface area (Å²) in [6, 6.07) is 6.30. The zero-order valence-corrected chi connectivity index (χ0v) is 13.4. The highest BCUT2D eigenvalue weighted by Crippen LogP contribution is 2.31. The maximum absolute atomic E-state index is 12.3. The number of rotatable bonds is 4. The van der Waals surface area contributed by atoms with E-state index in [0.29, 0.717) is 5.69 Å². The molecule has 0 amide bonds. The van der Waals surface area contributed by atoms with Crippen LogP contribution < -0.4 is 10.5 Å². The number of benzene rings is 1. The summed E-state index contributed by atoms with van der Waals surface area (Å²) in [6.07, 6.45) is 1.60. The Morgan fingerprint density at radius 1 is 1.33 bits per heavy atom. The van der Waals surface area contributed by atoms with Crippen LogP contribution in [-0.2, 0) is 16.6 Å². The first-order valence-corrected chi connectivity index (χ1v) is 8.20. The first kappa shape index (κ1) is 16.0. The second-order valence-electron chi connectivity index (χ2n) is 4.40. The topological polar surface area (TPSA) is 85.1 Å². The number of nitrogens with one attached hydrogen (secondary N) is 1. The normalized spacial score (nSPS) is 11.6. The number of nitrogens with two attached hydrogens (primary N) is 1. The van der Waals surface area contributed by atoms with Gasteiger partial charge in [0, 0.05) is 11.2 Å². The highest BCUT2D eigenvalue weighted by atomic mass is 35.5. The van der Waals surface area contributed by atoms with E-state index >= 15 is 0 Å². The van der Waals surface area contributed by atoms with Crippen LogP contribution in [0.5, 0.6) is 0 Å². The third-order valence-corrected chi connectivity index (χ3v) is 5.00. The maximum atomic E-state index is 12.3. The molecule has 0 fully saturated rings. The van der Waals surface area contributed by atoms with Gasteiger partial charge in [0.2, 0.25) is 10.0 Å². The molecule has 3 N–H and O–H groups in total. The average molecular weight is 346 g/mol. The van der Waals surface area contributed by atoms with Gasteiger partial charge < -0.3 is 5.73 Å². The van der Waals surface area contributed by atoms with Crippen molar-refractivity contribution < 1.29 is 8.42 Å². The van der Waals surface area contributed by atoms with Crippen LogP contribution in [0.25, 0.3) is 0 Å². The Labute approximate surface area is 133 Å². The molecule has 0 aliphatic heterocycles. The lowest BCUT2D eigenvalue weighted by Crippen LogP contribution is -2.25. The molecule has 0 radical (unpaired) electrons. The molecule has 0 saturated heterocycles. The number of aromatic nitrogens is 1. The zero-order valence-electron chi connectivity index (χ0n) is 11.1. The number of aryl methyl sites for hydroxylation is 1. The van der Waals surface area contributed by atoms with Gasteiger partial charge in [0.15, 0.2) is 0 Å². The van der Waals surface area contributed by atoms with Crippen molar-refractivity contribution in [3.63, 3.8) is 0 Å². The largest absolute Gasteiger partial charge is 0.398 e. The molecule has 0 saturated carbocycles. The van der Waals surface area contributed by atoms with E-state index in [9.17, 15) is 8.42 Å². The van der Waals surface area contributed by atoms with Crippen LogP contribution in [0, 0.1) is 6.92 Å². The SMILES string of the molecule is Cc1cccnc1CNS(=O)(=O)c1c(N)cc(Cl)cc1Cl. The number of pyridine rings is 1. The number of anilines is 1. The third-order valence-electron chi connectivity index (χ3n) is 2.85. The molecule has 2 aromatic rings. The molecule has 0 aliphatic carbocycles. The van der Waals surface area contributed by atoms with Crippen molar-refractivity contribution in [3.05, 3.63) is 51.8 Å². The van der Waals surface area contributed by atoms with Crippen LogP contribution in [-0.4, -0.2) is 13.4 Å². The second kappa shape index (κ2) is 6.19. The van der Waals surface area contributed by atoms with E-state index in [4.69, 9.17) is 28.9 Å². The van der Waals surface area contributed by atoms with Gasteiger partial charge in [-0.15, -0.1) is 0 Å². The Morgan fingerprint density at radius 3 is 2.67 bits per heavy atom. The molecule has 0 spiro atoms. The van der Waals surface area contributed by atoms with E-state index in [1.807, 2.05) is 13.0 Å². The lowest BCUT2D eigenvalue weighted by atomic mass is 10.2. The molecule has 1 aromatic carbocycles. The van der Waals surface area contributed by atoms with E-state index in [-0.39, 0.29) is 27.2 Å². The minimum Gasteiger partial charge on any atom is -0.398 e. The summed E-state index contributed by atoms with van der Waals surface area (Å²) in [5.74, 6) is 0. The summed E-state index contributed by atoms with van der Waals surface area (Å²) < 4.78 is 27.1. The van der Waals surface area contributed by atoms with Gasteiger partial charge in [-0.1, -0.05) is 29.3 Å². The quantitative estimate of drug-likeness (QED) is 0.834. The van der Waals surface area contributed by atoms with E-state index < -0.39 is 10.0 Å². The number of halogens is 2.